The van der Waals surface area contributed by atoms with Crippen molar-refractivity contribution < 1.29 is 14.7 Å². The highest BCUT2D eigenvalue weighted by molar-refractivity contribution is 5.87. The molecule has 1 unspecified atom stereocenters. The van der Waals surface area contributed by atoms with Crippen molar-refractivity contribution in [2.75, 3.05) is 0 Å². The van der Waals surface area contributed by atoms with Crippen LogP contribution < -0.4 is 5.32 Å². The molecule has 0 spiro atoms. The van der Waals surface area contributed by atoms with Gasteiger partial charge in [-0.1, -0.05) is 34.6 Å². The van der Waals surface area contributed by atoms with Crippen LogP contribution in [-0.2, 0) is 9.59 Å². The van der Waals surface area contributed by atoms with E-state index in [1.165, 1.54) is 0 Å². The van der Waals surface area contributed by atoms with Crippen LogP contribution in [0.25, 0.3) is 0 Å². The van der Waals surface area contributed by atoms with Crippen molar-refractivity contribution in [1.29, 1.82) is 0 Å². The monoisotopic (exact) mass is 229 g/mol. The minimum atomic E-state index is -1.11. The van der Waals surface area contributed by atoms with Crippen molar-refractivity contribution in [2.45, 2.75) is 53.0 Å². The van der Waals surface area contributed by atoms with Gasteiger partial charge in [0.25, 0.3) is 0 Å². The molecule has 4 nitrogen and oxygen atoms in total. The van der Waals surface area contributed by atoms with E-state index in [2.05, 4.69) is 5.32 Å². The molecular formula is C12H23NO3. The lowest BCUT2D eigenvalue weighted by molar-refractivity contribution is -0.149. The fourth-order valence-electron chi connectivity index (χ4n) is 1.44. The zero-order valence-electron chi connectivity index (χ0n) is 10.8. The lowest BCUT2D eigenvalue weighted by Gasteiger charge is -2.30. The third kappa shape index (κ3) is 3.22. The molecule has 0 heterocycles. The summed E-state index contributed by atoms with van der Waals surface area (Å²) >= 11 is 0. The summed E-state index contributed by atoms with van der Waals surface area (Å²) in [6.45, 7) is 9.27. The molecule has 0 saturated heterocycles. The second kappa shape index (κ2) is 5.87. The Bertz CT molecular complexity index is 257. The molecule has 1 atom stereocenters. The first-order valence-electron chi connectivity index (χ1n) is 5.86. The van der Waals surface area contributed by atoms with E-state index in [-0.39, 0.29) is 17.7 Å². The Balaban J connectivity index is 4.77. The van der Waals surface area contributed by atoms with E-state index >= 15 is 0 Å². The third-order valence-electron chi connectivity index (χ3n) is 3.39. The maximum Gasteiger partial charge on any atom is 0.329 e. The number of aliphatic carboxylic acids is 1. The van der Waals surface area contributed by atoms with E-state index in [0.717, 1.165) is 0 Å². The average molecular weight is 229 g/mol. The minimum absolute atomic E-state index is 0.170. The Morgan fingerprint density at radius 1 is 1.19 bits per heavy atom. The van der Waals surface area contributed by atoms with Gasteiger partial charge in [-0.05, 0) is 18.8 Å². The maximum absolute atomic E-state index is 11.8. The van der Waals surface area contributed by atoms with Crippen molar-refractivity contribution >= 4 is 11.9 Å². The molecule has 16 heavy (non-hydrogen) atoms. The third-order valence-corrected chi connectivity index (χ3v) is 3.39. The van der Waals surface area contributed by atoms with Crippen molar-refractivity contribution in [3.8, 4) is 0 Å². The van der Waals surface area contributed by atoms with Crippen molar-refractivity contribution in [2.24, 2.45) is 11.8 Å². The average Bonchev–Trinajstić information content (AvgIpc) is 2.23. The van der Waals surface area contributed by atoms with Gasteiger partial charge in [-0.2, -0.15) is 0 Å². The molecule has 1 amide bonds. The Kier molecular flexibility index (Phi) is 5.48. The summed E-state index contributed by atoms with van der Waals surface area (Å²) in [6, 6.07) is 0. The molecule has 0 aromatic rings. The highest BCUT2D eigenvalue weighted by Crippen LogP contribution is 2.18. The van der Waals surface area contributed by atoms with Crippen LogP contribution in [0.1, 0.15) is 47.5 Å². The number of carboxylic acid groups (broad SMARTS) is 1. The topological polar surface area (TPSA) is 66.4 Å². The predicted molar refractivity (Wildman–Crippen MR) is 63.1 cm³/mol. The zero-order valence-corrected chi connectivity index (χ0v) is 10.8. The smallest absolute Gasteiger partial charge is 0.329 e. The van der Waals surface area contributed by atoms with Crippen LogP contribution >= 0.6 is 0 Å². The van der Waals surface area contributed by atoms with Gasteiger partial charge in [-0.3, -0.25) is 4.79 Å². The highest BCUT2D eigenvalue weighted by Gasteiger charge is 2.37. The maximum atomic E-state index is 11.8. The molecule has 0 aliphatic heterocycles. The number of amides is 1. The first-order valence-corrected chi connectivity index (χ1v) is 5.86. The summed E-state index contributed by atoms with van der Waals surface area (Å²) in [5.74, 6) is -1.10. The number of hydrogen-bond acceptors (Lipinski definition) is 2. The molecule has 0 bridgehead atoms. The molecule has 4 heteroatoms. The normalized spacial score (nSPS) is 13.6. The molecule has 0 radical (unpaired) electrons. The predicted octanol–water partition coefficient (Wildman–Crippen LogP) is 2.04. The summed E-state index contributed by atoms with van der Waals surface area (Å²) in [4.78, 5) is 23.0. The summed E-state index contributed by atoms with van der Waals surface area (Å²) in [6.07, 6.45) is 0.796. The largest absolute Gasteiger partial charge is 0.480 e. The van der Waals surface area contributed by atoms with Crippen LogP contribution in [0.3, 0.4) is 0 Å². The number of hydrogen-bond donors (Lipinski definition) is 2. The lowest BCUT2D eigenvalue weighted by Crippen LogP contribution is -2.55. The summed E-state index contributed by atoms with van der Waals surface area (Å²) < 4.78 is 0. The van der Waals surface area contributed by atoms with E-state index in [1.54, 1.807) is 13.8 Å². The van der Waals surface area contributed by atoms with Gasteiger partial charge in [-0.25, -0.2) is 4.79 Å². The fraction of sp³-hybridized carbons (Fsp3) is 0.833. The number of carbonyl (C=O) groups excluding carboxylic acids is 1. The number of nitrogens with one attached hydrogen (secondary N) is 1. The van der Waals surface area contributed by atoms with Crippen LogP contribution in [-0.4, -0.2) is 22.5 Å². The quantitative estimate of drug-likeness (QED) is 0.732. The molecule has 0 aromatic heterocycles. The Morgan fingerprint density at radius 2 is 1.62 bits per heavy atom. The summed E-state index contributed by atoms with van der Waals surface area (Å²) in [5, 5.41) is 11.9. The second-order valence-electron chi connectivity index (χ2n) is 4.62. The Morgan fingerprint density at radius 3 is 1.88 bits per heavy atom. The molecular weight excluding hydrogens is 206 g/mol. The molecule has 0 aliphatic rings. The molecule has 0 aliphatic carbocycles. The van der Waals surface area contributed by atoms with E-state index in [1.807, 2.05) is 20.8 Å². The summed E-state index contributed by atoms with van der Waals surface area (Å²) in [5.41, 5.74) is -1.11. The van der Waals surface area contributed by atoms with E-state index in [9.17, 15) is 14.7 Å². The van der Waals surface area contributed by atoms with Crippen LogP contribution in [0.4, 0.5) is 0 Å². The SMILES string of the molecule is CCC(CC)(NC(=O)C(C)C(C)C)C(=O)O. The van der Waals surface area contributed by atoms with Gasteiger partial charge in [0.15, 0.2) is 0 Å². The van der Waals surface area contributed by atoms with E-state index in [0.29, 0.717) is 12.8 Å². The second-order valence-corrected chi connectivity index (χ2v) is 4.62. The molecule has 0 rings (SSSR count). The van der Waals surface area contributed by atoms with Crippen LogP contribution in [0.15, 0.2) is 0 Å². The van der Waals surface area contributed by atoms with Crippen molar-refractivity contribution in [1.82, 2.24) is 5.32 Å². The molecule has 0 fully saturated rings. The lowest BCUT2D eigenvalue weighted by atomic mass is 9.90. The van der Waals surface area contributed by atoms with Crippen molar-refractivity contribution in [3.63, 3.8) is 0 Å². The van der Waals surface area contributed by atoms with E-state index < -0.39 is 11.5 Å². The van der Waals surface area contributed by atoms with Gasteiger partial charge < -0.3 is 10.4 Å². The van der Waals surface area contributed by atoms with Crippen LogP contribution in [0.5, 0.6) is 0 Å². The van der Waals surface area contributed by atoms with Crippen LogP contribution in [0.2, 0.25) is 0 Å². The zero-order chi connectivity index (χ0) is 12.9. The first-order chi connectivity index (χ1) is 7.30. The van der Waals surface area contributed by atoms with E-state index in [4.69, 9.17) is 0 Å². The Labute approximate surface area is 97.4 Å². The number of carbonyl (C=O) groups is 2. The van der Waals surface area contributed by atoms with Crippen molar-refractivity contribution in [3.05, 3.63) is 0 Å². The number of carboxylic acids is 1. The molecule has 0 aromatic carbocycles. The first kappa shape index (κ1) is 14.9. The van der Waals surface area contributed by atoms with Gasteiger partial charge in [0.2, 0.25) is 5.91 Å². The molecule has 0 saturated carbocycles. The number of rotatable bonds is 6. The van der Waals surface area contributed by atoms with Gasteiger partial charge in [-0.15, -0.1) is 0 Å². The minimum Gasteiger partial charge on any atom is -0.480 e. The van der Waals surface area contributed by atoms with Gasteiger partial charge in [0.1, 0.15) is 5.54 Å². The fourth-order valence-corrected chi connectivity index (χ4v) is 1.44. The standard InChI is InChI=1S/C12H23NO3/c1-6-12(7-2,11(15)16)13-10(14)9(5)8(3)4/h8-9H,6-7H2,1-5H3,(H,13,14)(H,15,16). The highest BCUT2D eigenvalue weighted by atomic mass is 16.4. The molecule has 2 N–H and O–H groups in total. The van der Waals surface area contributed by atoms with Crippen LogP contribution in [0, 0.1) is 11.8 Å². The van der Waals surface area contributed by atoms with Gasteiger partial charge in [0.05, 0.1) is 0 Å². The summed E-state index contributed by atoms with van der Waals surface area (Å²) in [7, 11) is 0. The molecule has 94 valence electrons. The Hall–Kier alpha value is -1.06. The van der Waals surface area contributed by atoms with Gasteiger partial charge in [0, 0.05) is 5.92 Å². The van der Waals surface area contributed by atoms with Gasteiger partial charge >= 0.3 is 5.97 Å².